The van der Waals surface area contributed by atoms with Gasteiger partial charge in [0.2, 0.25) is 10.0 Å². The second-order valence-corrected chi connectivity index (χ2v) is 7.80. The van der Waals surface area contributed by atoms with Crippen LogP contribution < -0.4 is 4.72 Å². The SMILES string of the molecule is C=CS(=O)(=O)NC[C@H]1CCN(C(=O)c2cc(Cl)ccc2C(F)(F)F)C1. The highest BCUT2D eigenvalue weighted by Crippen LogP contribution is 2.34. The molecule has 0 radical (unpaired) electrons. The lowest BCUT2D eigenvalue weighted by Gasteiger charge is -2.20. The summed E-state index contributed by atoms with van der Waals surface area (Å²) in [6.45, 7) is 3.64. The van der Waals surface area contributed by atoms with Crippen molar-refractivity contribution in [2.45, 2.75) is 12.6 Å². The van der Waals surface area contributed by atoms with Crippen molar-refractivity contribution >= 4 is 27.5 Å². The summed E-state index contributed by atoms with van der Waals surface area (Å²) in [7, 11) is -3.58. The van der Waals surface area contributed by atoms with Gasteiger partial charge in [0.25, 0.3) is 5.91 Å². The minimum absolute atomic E-state index is 0.0332. The summed E-state index contributed by atoms with van der Waals surface area (Å²) in [4.78, 5) is 13.8. The molecule has 1 aliphatic heterocycles. The predicted octanol–water partition coefficient (Wildman–Crippen LogP) is 2.88. The zero-order chi connectivity index (χ0) is 18.8. The Bertz CT molecular complexity index is 781. The molecule has 1 atom stereocenters. The number of halogens is 4. The van der Waals surface area contributed by atoms with Gasteiger partial charge in [-0.3, -0.25) is 4.79 Å². The number of alkyl halides is 3. The summed E-state index contributed by atoms with van der Waals surface area (Å²) in [5.41, 5.74) is -1.55. The van der Waals surface area contributed by atoms with E-state index in [9.17, 15) is 26.4 Å². The maximum Gasteiger partial charge on any atom is 0.417 e. The van der Waals surface area contributed by atoms with Gasteiger partial charge in [-0.2, -0.15) is 13.2 Å². The van der Waals surface area contributed by atoms with Crippen LogP contribution in [0.25, 0.3) is 0 Å². The van der Waals surface area contributed by atoms with Gasteiger partial charge in [-0.1, -0.05) is 18.2 Å². The minimum Gasteiger partial charge on any atom is -0.338 e. The number of nitrogens with zero attached hydrogens (tertiary/aromatic N) is 1. The predicted molar refractivity (Wildman–Crippen MR) is 87.6 cm³/mol. The third kappa shape index (κ3) is 4.96. The summed E-state index contributed by atoms with van der Waals surface area (Å²) in [5, 5.41) is 0.803. The molecule has 0 saturated carbocycles. The van der Waals surface area contributed by atoms with Crippen LogP contribution in [0, 0.1) is 5.92 Å². The Morgan fingerprint density at radius 1 is 1.44 bits per heavy atom. The Labute approximate surface area is 148 Å². The first kappa shape index (κ1) is 19.7. The molecule has 1 fully saturated rings. The van der Waals surface area contributed by atoms with Crippen molar-refractivity contribution in [2.75, 3.05) is 19.6 Å². The Balaban J connectivity index is 2.13. The molecule has 1 heterocycles. The standard InChI is InChI=1S/C15H16ClF3N2O3S/c1-2-25(23,24)20-8-10-5-6-21(9-10)14(22)12-7-11(16)3-4-13(12)15(17,18)19/h2-4,7,10,20H,1,5-6,8-9H2/t10-/m1/s1. The number of sulfonamides is 1. The summed E-state index contributed by atoms with van der Waals surface area (Å²) >= 11 is 5.74. The number of carbonyl (C=O) groups excluding carboxylic acids is 1. The number of hydrogen-bond donors (Lipinski definition) is 1. The normalized spacial score (nSPS) is 18.4. The number of nitrogens with one attached hydrogen (secondary N) is 1. The quantitative estimate of drug-likeness (QED) is 0.832. The van der Waals surface area contributed by atoms with Gasteiger partial charge in [0.1, 0.15) is 0 Å². The lowest BCUT2D eigenvalue weighted by molar-refractivity contribution is -0.138. The maximum absolute atomic E-state index is 13.1. The number of amides is 1. The van der Waals surface area contributed by atoms with Crippen molar-refractivity contribution in [2.24, 2.45) is 5.92 Å². The number of rotatable bonds is 5. The zero-order valence-corrected chi connectivity index (χ0v) is 14.6. The van der Waals surface area contributed by atoms with Crippen molar-refractivity contribution in [1.29, 1.82) is 0 Å². The molecule has 0 aromatic heterocycles. The molecule has 1 aromatic rings. The number of benzene rings is 1. The molecule has 5 nitrogen and oxygen atoms in total. The van der Waals surface area contributed by atoms with Crippen molar-refractivity contribution < 1.29 is 26.4 Å². The van der Waals surface area contributed by atoms with E-state index in [1.165, 1.54) is 4.90 Å². The average molecular weight is 397 g/mol. The average Bonchev–Trinajstić information content (AvgIpc) is 3.00. The van der Waals surface area contributed by atoms with Crippen LogP contribution in [0.15, 0.2) is 30.2 Å². The van der Waals surface area contributed by atoms with Crippen LogP contribution in [0.2, 0.25) is 5.02 Å². The first-order valence-electron chi connectivity index (χ1n) is 7.31. The molecular weight excluding hydrogens is 381 g/mol. The lowest BCUT2D eigenvalue weighted by Crippen LogP contribution is -2.33. The Morgan fingerprint density at radius 3 is 2.72 bits per heavy atom. The van der Waals surface area contributed by atoms with E-state index >= 15 is 0 Å². The monoisotopic (exact) mass is 396 g/mol. The maximum atomic E-state index is 13.1. The van der Waals surface area contributed by atoms with Gasteiger partial charge in [-0.25, -0.2) is 13.1 Å². The Kier molecular flexibility index (Phi) is 5.80. The smallest absolute Gasteiger partial charge is 0.338 e. The highest BCUT2D eigenvalue weighted by atomic mass is 35.5. The summed E-state index contributed by atoms with van der Waals surface area (Å²) in [5.74, 6) is -0.962. The van der Waals surface area contributed by atoms with E-state index in [2.05, 4.69) is 11.3 Å². The third-order valence-corrected chi connectivity index (χ3v) is 5.13. The summed E-state index contributed by atoms with van der Waals surface area (Å²) < 4.78 is 64.3. The number of hydrogen-bond acceptors (Lipinski definition) is 3. The molecule has 1 saturated heterocycles. The van der Waals surface area contributed by atoms with Crippen LogP contribution in [0.4, 0.5) is 13.2 Å². The Morgan fingerprint density at radius 2 is 2.12 bits per heavy atom. The molecule has 0 aliphatic carbocycles. The van der Waals surface area contributed by atoms with Gasteiger partial charge >= 0.3 is 6.18 Å². The van der Waals surface area contributed by atoms with Crippen LogP contribution in [-0.2, 0) is 16.2 Å². The topological polar surface area (TPSA) is 66.5 Å². The van der Waals surface area contributed by atoms with Gasteiger partial charge < -0.3 is 4.90 Å². The molecule has 0 spiro atoms. The zero-order valence-electron chi connectivity index (χ0n) is 13.0. The Hall–Kier alpha value is -1.58. The third-order valence-electron chi connectivity index (χ3n) is 3.88. The second kappa shape index (κ2) is 7.35. The van der Waals surface area contributed by atoms with Crippen molar-refractivity contribution in [1.82, 2.24) is 9.62 Å². The van der Waals surface area contributed by atoms with E-state index in [4.69, 9.17) is 11.6 Å². The van der Waals surface area contributed by atoms with E-state index in [-0.39, 0.29) is 30.6 Å². The lowest BCUT2D eigenvalue weighted by atomic mass is 10.1. The summed E-state index contributed by atoms with van der Waals surface area (Å²) in [6.07, 6.45) is -4.19. The molecule has 25 heavy (non-hydrogen) atoms. The van der Waals surface area contributed by atoms with E-state index in [1.807, 2.05) is 0 Å². The van der Waals surface area contributed by atoms with Crippen LogP contribution >= 0.6 is 11.6 Å². The van der Waals surface area contributed by atoms with Gasteiger partial charge in [0.15, 0.2) is 0 Å². The second-order valence-electron chi connectivity index (χ2n) is 5.65. The van der Waals surface area contributed by atoms with Crippen molar-refractivity contribution in [3.8, 4) is 0 Å². The first-order chi connectivity index (χ1) is 11.5. The van der Waals surface area contributed by atoms with E-state index in [0.717, 1.165) is 23.6 Å². The van der Waals surface area contributed by atoms with Crippen LogP contribution in [0.5, 0.6) is 0 Å². The molecule has 2 rings (SSSR count). The van der Waals surface area contributed by atoms with Gasteiger partial charge in [0.05, 0.1) is 11.1 Å². The van der Waals surface area contributed by atoms with Crippen molar-refractivity contribution in [3.63, 3.8) is 0 Å². The van der Waals surface area contributed by atoms with Crippen molar-refractivity contribution in [3.05, 3.63) is 46.3 Å². The highest BCUT2D eigenvalue weighted by molar-refractivity contribution is 7.92. The molecular formula is C15H16ClF3N2O3S. The van der Waals surface area contributed by atoms with E-state index < -0.39 is 33.2 Å². The molecule has 0 bridgehead atoms. The number of carbonyl (C=O) groups is 1. The van der Waals surface area contributed by atoms with Crippen LogP contribution in [0.3, 0.4) is 0 Å². The summed E-state index contributed by atoms with van der Waals surface area (Å²) in [6, 6.07) is 2.86. The molecule has 138 valence electrons. The van der Waals surface area contributed by atoms with Crippen LogP contribution in [0.1, 0.15) is 22.3 Å². The van der Waals surface area contributed by atoms with Gasteiger partial charge in [-0.15, -0.1) is 0 Å². The number of likely N-dealkylation sites (tertiary alicyclic amines) is 1. The largest absolute Gasteiger partial charge is 0.417 e. The van der Waals surface area contributed by atoms with E-state index in [0.29, 0.717) is 6.42 Å². The molecule has 1 N–H and O–H groups in total. The first-order valence-corrected chi connectivity index (χ1v) is 9.24. The molecule has 1 aliphatic rings. The minimum atomic E-state index is -4.67. The van der Waals surface area contributed by atoms with E-state index in [1.54, 1.807) is 0 Å². The molecule has 0 unspecified atom stereocenters. The highest BCUT2D eigenvalue weighted by Gasteiger charge is 2.37. The van der Waals surface area contributed by atoms with Gasteiger partial charge in [0, 0.05) is 30.1 Å². The fourth-order valence-corrected chi connectivity index (χ4v) is 3.35. The van der Waals surface area contributed by atoms with Crippen LogP contribution in [-0.4, -0.2) is 38.9 Å². The fourth-order valence-electron chi connectivity index (χ4n) is 2.59. The molecule has 10 heteroatoms. The fraction of sp³-hybridized carbons (Fsp3) is 0.400. The molecule has 1 amide bonds. The molecule has 1 aromatic carbocycles. The van der Waals surface area contributed by atoms with Gasteiger partial charge in [-0.05, 0) is 30.5 Å².